The van der Waals surface area contributed by atoms with Crippen molar-refractivity contribution in [3.8, 4) is 0 Å². The van der Waals surface area contributed by atoms with Gasteiger partial charge in [-0.15, -0.1) is 0 Å². The average Bonchev–Trinajstić information content (AvgIpc) is 1.56. The van der Waals surface area contributed by atoms with Gasteiger partial charge in [-0.3, -0.25) is 0 Å². The fraction of sp³-hybridized carbons (Fsp3) is 1.00. The van der Waals surface area contributed by atoms with Crippen LogP contribution in [0.3, 0.4) is 0 Å². The van der Waals surface area contributed by atoms with Crippen molar-refractivity contribution < 1.29 is 0 Å². The zero-order valence-corrected chi connectivity index (χ0v) is 9.63. The molecule has 0 saturated heterocycles. The fourth-order valence-corrected chi connectivity index (χ4v) is 1.36. The Hall–Kier alpha value is 0.350. The Bertz CT molecular complexity index is 117. The van der Waals surface area contributed by atoms with E-state index in [0.717, 1.165) is 5.92 Å². The molecule has 0 aromatic carbocycles. The molecule has 11 heavy (non-hydrogen) atoms. The van der Waals surface area contributed by atoms with E-state index in [9.17, 15) is 0 Å². The van der Waals surface area contributed by atoms with Crippen LogP contribution in [0, 0.1) is 11.3 Å². The molecule has 0 heterocycles. The van der Waals surface area contributed by atoms with Crippen molar-refractivity contribution in [2.45, 2.75) is 52.7 Å². The summed E-state index contributed by atoms with van der Waals surface area (Å²) in [6, 6.07) is 0. The van der Waals surface area contributed by atoms with E-state index in [2.05, 4.69) is 54.2 Å². The summed E-state index contributed by atoms with van der Waals surface area (Å²) >= 11 is 4.61. The maximum atomic E-state index is 4.61. The Kier molecular flexibility index (Phi) is 3.49. The van der Waals surface area contributed by atoms with Gasteiger partial charge in [-0.1, -0.05) is 41.5 Å². The topological polar surface area (TPSA) is 0 Å². The molecule has 0 aromatic heterocycles. The fourth-order valence-electron chi connectivity index (χ4n) is 1.27. The van der Waals surface area contributed by atoms with Crippen molar-refractivity contribution in [2.75, 3.05) is 0 Å². The Balaban J connectivity index is 4.22. The molecule has 0 nitrogen and oxygen atoms in total. The summed E-state index contributed by atoms with van der Waals surface area (Å²) in [5.74, 6) is 0.761. The summed E-state index contributed by atoms with van der Waals surface area (Å²) in [4.78, 5) is 0. The molecular formula is C10H22S. The Morgan fingerprint density at radius 3 is 1.55 bits per heavy atom. The van der Waals surface area contributed by atoms with Crippen molar-refractivity contribution in [2.24, 2.45) is 11.3 Å². The third kappa shape index (κ3) is 3.50. The minimum atomic E-state index is 0.122. The standard InChI is InChI=1S/C10H22S/c1-8(2)7-9(3,4)10(5,6)11/h8,11H,7H2,1-6H3. The lowest BCUT2D eigenvalue weighted by Gasteiger charge is -2.39. The van der Waals surface area contributed by atoms with Crippen LogP contribution in [0.2, 0.25) is 0 Å². The van der Waals surface area contributed by atoms with E-state index in [4.69, 9.17) is 0 Å². The van der Waals surface area contributed by atoms with Gasteiger partial charge in [0, 0.05) is 4.75 Å². The first-order valence-electron chi connectivity index (χ1n) is 4.39. The summed E-state index contributed by atoms with van der Waals surface area (Å²) in [6.07, 6.45) is 1.24. The van der Waals surface area contributed by atoms with Crippen molar-refractivity contribution in [3.05, 3.63) is 0 Å². The molecule has 0 unspecified atom stereocenters. The van der Waals surface area contributed by atoms with Gasteiger partial charge >= 0.3 is 0 Å². The second-order valence-electron chi connectivity index (χ2n) is 5.04. The van der Waals surface area contributed by atoms with Gasteiger partial charge in [0.1, 0.15) is 0 Å². The number of rotatable bonds is 3. The van der Waals surface area contributed by atoms with Gasteiger partial charge in [0.15, 0.2) is 0 Å². The maximum absolute atomic E-state index is 4.61. The molecule has 0 aromatic rings. The predicted molar refractivity (Wildman–Crippen MR) is 56.3 cm³/mol. The number of hydrogen-bond donors (Lipinski definition) is 1. The molecular weight excluding hydrogens is 152 g/mol. The van der Waals surface area contributed by atoms with E-state index in [1.165, 1.54) is 6.42 Å². The van der Waals surface area contributed by atoms with Crippen LogP contribution in [0.1, 0.15) is 48.0 Å². The molecule has 0 aliphatic heterocycles. The highest BCUT2D eigenvalue weighted by molar-refractivity contribution is 7.81. The van der Waals surface area contributed by atoms with Crippen LogP contribution in [0.15, 0.2) is 0 Å². The first-order chi connectivity index (χ1) is 4.67. The van der Waals surface area contributed by atoms with Gasteiger partial charge < -0.3 is 0 Å². The van der Waals surface area contributed by atoms with Crippen LogP contribution in [-0.4, -0.2) is 4.75 Å². The number of thiol groups is 1. The largest absolute Gasteiger partial charge is 0.173 e. The third-order valence-electron chi connectivity index (χ3n) is 2.57. The summed E-state index contributed by atoms with van der Waals surface area (Å²) in [5, 5.41) is 0. The normalized spacial score (nSPS) is 14.2. The summed E-state index contributed by atoms with van der Waals surface area (Å²) < 4.78 is 0.122. The molecule has 1 heteroatoms. The minimum Gasteiger partial charge on any atom is -0.173 e. The van der Waals surface area contributed by atoms with Crippen LogP contribution in [0.4, 0.5) is 0 Å². The molecule has 0 radical (unpaired) electrons. The molecule has 0 amide bonds. The van der Waals surface area contributed by atoms with Gasteiger partial charge in [-0.25, -0.2) is 0 Å². The lowest BCUT2D eigenvalue weighted by atomic mass is 9.74. The van der Waals surface area contributed by atoms with E-state index in [0.29, 0.717) is 5.41 Å². The quantitative estimate of drug-likeness (QED) is 0.619. The molecule has 0 saturated carbocycles. The van der Waals surface area contributed by atoms with Crippen molar-refractivity contribution >= 4 is 12.6 Å². The summed E-state index contributed by atoms with van der Waals surface area (Å²) in [5.41, 5.74) is 0.324. The van der Waals surface area contributed by atoms with Gasteiger partial charge in [0.25, 0.3) is 0 Å². The van der Waals surface area contributed by atoms with E-state index in [-0.39, 0.29) is 4.75 Å². The van der Waals surface area contributed by atoms with Crippen LogP contribution in [0.5, 0.6) is 0 Å². The minimum absolute atomic E-state index is 0.122. The van der Waals surface area contributed by atoms with Gasteiger partial charge in [0.2, 0.25) is 0 Å². The average molecular weight is 174 g/mol. The number of hydrogen-bond acceptors (Lipinski definition) is 1. The Morgan fingerprint density at radius 1 is 1.09 bits per heavy atom. The van der Waals surface area contributed by atoms with Gasteiger partial charge in [0.05, 0.1) is 0 Å². The molecule has 0 fully saturated rings. The molecule has 0 atom stereocenters. The molecule has 0 N–H and O–H groups in total. The zero-order chi connectivity index (χ0) is 9.28. The predicted octanol–water partition coefficient (Wildman–Crippen LogP) is 3.77. The van der Waals surface area contributed by atoms with Crippen LogP contribution >= 0.6 is 12.6 Å². The van der Waals surface area contributed by atoms with Crippen molar-refractivity contribution in [1.82, 2.24) is 0 Å². The first-order valence-corrected chi connectivity index (χ1v) is 4.84. The molecule has 68 valence electrons. The van der Waals surface area contributed by atoms with Crippen LogP contribution in [0.25, 0.3) is 0 Å². The monoisotopic (exact) mass is 174 g/mol. The van der Waals surface area contributed by atoms with E-state index < -0.39 is 0 Å². The van der Waals surface area contributed by atoms with Gasteiger partial charge in [-0.2, -0.15) is 12.6 Å². The highest BCUT2D eigenvalue weighted by Crippen LogP contribution is 2.40. The van der Waals surface area contributed by atoms with Gasteiger partial charge in [-0.05, 0) is 17.8 Å². The summed E-state index contributed by atoms with van der Waals surface area (Å²) in [6.45, 7) is 13.5. The highest BCUT2D eigenvalue weighted by atomic mass is 32.1. The molecule has 0 aliphatic carbocycles. The lowest BCUT2D eigenvalue weighted by molar-refractivity contribution is 0.228. The van der Waals surface area contributed by atoms with Crippen LogP contribution in [-0.2, 0) is 0 Å². The SMILES string of the molecule is CC(C)CC(C)(C)C(C)(C)S. The molecule has 0 rings (SSSR count). The lowest BCUT2D eigenvalue weighted by Crippen LogP contribution is -2.34. The molecule has 0 bridgehead atoms. The first kappa shape index (κ1) is 11.4. The zero-order valence-electron chi connectivity index (χ0n) is 8.73. The highest BCUT2D eigenvalue weighted by Gasteiger charge is 2.33. The third-order valence-corrected chi connectivity index (χ3v) is 3.18. The molecule has 0 spiro atoms. The van der Waals surface area contributed by atoms with E-state index in [1.807, 2.05) is 0 Å². The second kappa shape index (κ2) is 3.38. The molecule has 0 aliphatic rings. The van der Waals surface area contributed by atoms with Crippen molar-refractivity contribution in [3.63, 3.8) is 0 Å². The van der Waals surface area contributed by atoms with E-state index in [1.54, 1.807) is 0 Å². The summed E-state index contributed by atoms with van der Waals surface area (Å²) in [7, 11) is 0. The Morgan fingerprint density at radius 2 is 1.45 bits per heavy atom. The maximum Gasteiger partial charge on any atom is 0.0124 e. The van der Waals surface area contributed by atoms with E-state index >= 15 is 0 Å². The van der Waals surface area contributed by atoms with Crippen molar-refractivity contribution in [1.29, 1.82) is 0 Å². The second-order valence-corrected chi connectivity index (χ2v) is 6.16. The Labute approximate surface area is 77.2 Å². The smallest absolute Gasteiger partial charge is 0.0124 e. The van der Waals surface area contributed by atoms with Crippen LogP contribution < -0.4 is 0 Å².